The fraction of sp³-hybridized carbons (Fsp3) is 0.600. The predicted molar refractivity (Wildman–Crippen MR) is 99.7 cm³/mol. The van der Waals surface area contributed by atoms with Gasteiger partial charge in [-0.3, -0.25) is 9.59 Å². The molecule has 5 nitrogen and oxygen atoms in total. The average Bonchev–Trinajstić information content (AvgIpc) is 2.98. The third-order valence-corrected chi connectivity index (χ3v) is 4.70. The second-order valence-corrected chi connectivity index (χ2v) is 6.78. The smallest absolute Gasteiger partial charge is 0.227 e. The summed E-state index contributed by atoms with van der Waals surface area (Å²) < 4.78 is 5.48. The lowest BCUT2D eigenvalue weighted by molar-refractivity contribution is -0.126. The van der Waals surface area contributed by atoms with Crippen molar-refractivity contribution in [1.29, 1.82) is 0 Å². The first kappa shape index (κ1) is 19.4. The standard InChI is InChI=1S/C20H30N2O3/c1-4-5-10-25-11-6-9-21-20(24)17-13-19(23)22(14-17)18-8-7-15(2)16(3)12-18/h7-8,12,17H,4-6,9-11,13-14H2,1-3H3,(H,21,24). The summed E-state index contributed by atoms with van der Waals surface area (Å²) in [4.78, 5) is 26.3. The highest BCUT2D eigenvalue weighted by Gasteiger charge is 2.34. The van der Waals surface area contributed by atoms with Gasteiger partial charge in [0.25, 0.3) is 0 Å². The molecule has 1 N–H and O–H groups in total. The van der Waals surface area contributed by atoms with Crippen LogP contribution in [0.5, 0.6) is 0 Å². The van der Waals surface area contributed by atoms with E-state index in [-0.39, 0.29) is 24.2 Å². The van der Waals surface area contributed by atoms with Gasteiger partial charge < -0.3 is 15.0 Å². The molecule has 1 aliphatic heterocycles. The Morgan fingerprint density at radius 2 is 2.00 bits per heavy atom. The number of carbonyl (C=O) groups excluding carboxylic acids is 2. The predicted octanol–water partition coefficient (Wildman–Crippen LogP) is 2.98. The Balaban J connectivity index is 1.77. The summed E-state index contributed by atoms with van der Waals surface area (Å²) in [6, 6.07) is 5.99. The number of anilines is 1. The van der Waals surface area contributed by atoms with E-state index in [2.05, 4.69) is 12.2 Å². The molecule has 1 saturated heterocycles. The highest BCUT2D eigenvalue weighted by Crippen LogP contribution is 2.26. The van der Waals surface area contributed by atoms with E-state index in [0.717, 1.165) is 37.1 Å². The normalized spacial score (nSPS) is 17.2. The number of rotatable bonds is 9. The van der Waals surface area contributed by atoms with E-state index in [1.54, 1.807) is 4.90 Å². The number of hydrogen-bond acceptors (Lipinski definition) is 3. The van der Waals surface area contributed by atoms with Crippen LogP contribution in [0.4, 0.5) is 5.69 Å². The molecule has 0 aliphatic carbocycles. The molecule has 0 radical (unpaired) electrons. The van der Waals surface area contributed by atoms with Crippen LogP contribution < -0.4 is 10.2 Å². The van der Waals surface area contributed by atoms with Gasteiger partial charge in [0, 0.05) is 38.4 Å². The minimum atomic E-state index is -0.268. The minimum Gasteiger partial charge on any atom is -0.381 e. The van der Waals surface area contributed by atoms with Gasteiger partial charge in [-0.15, -0.1) is 0 Å². The van der Waals surface area contributed by atoms with Crippen LogP contribution >= 0.6 is 0 Å². The van der Waals surface area contributed by atoms with E-state index in [9.17, 15) is 9.59 Å². The molecule has 138 valence electrons. The molecule has 1 atom stereocenters. The Kier molecular flexibility index (Phi) is 7.44. The van der Waals surface area contributed by atoms with Crippen molar-refractivity contribution in [2.45, 2.75) is 46.5 Å². The van der Waals surface area contributed by atoms with Gasteiger partial charge in [-0.05, 0) is 49.9 Å². The summed E-state index contributed by atoms with van der Waals surface area (Å²) in [5.74, 6) is -0.283. The number of hydrogen-bond donors (Lipinski definition) is 1. The second kappa shape index (κ2) is 9.56. The van der Waals surface area contributed by atoms with Crippen molar-refractivity contribution in [2.75, 3.05) is 31.2 Å². The van der Waals surface area contributed by atoms with Crippen molar-refractivity contribution >= 4 is 17.5 Å². The van der Waals surface area contributed by atoms with Gasteiger partial charge in [-0.1, -0.05) is 19.4 Å². The monoisotopic (exact) mass is 346 g/mol. The fourth-order valence-electron chi connectivity index (χ4n) is 2.90. The maximum atomic E-state index is 12.3. The van der Waals surface area contributed by atoms with Crippen molar-refractivity contribution in [3.8, 4) is 0 Å². The molecule has 5 heteroatoms. The van der Waals surface area contributed by atoms with Gasteiger partial charge in [-0.2, -0.15) is 0 Å². The molecule has 0 spiro atoms. The number of unbranched alkanes of at least 4 members (excludes halogenated alkanes) is 1. The number of aryl methyl sites for hydroxylation is 2. The highest BCUT2D eigenvalue weighted by atomic mass is 16.5. The minimum absolute atomic E-state index is 0.0197. The quantitative estimate of drug-likeness (QED) is 0.699. The first-order chi connectivity index (χ1) is 12.0. The zero-order chi connectivity index (χ0) is 18.2. The van der Waals surface area contributed by atoms with E-state index in [1.165, 1.54) is 5.56 Å². The van der Waals surface area contributed by atoms with Crippen LogP contribution in [0.2, 0.25) is 0 Å². The largest absolute Gasteiger partial charge is 0.381 e. The van der Waals surface area contributed by atoms with Crippen LogP contribution in [-0.2, 0) is 14.3 Å². The molecule has 1 unspecified atom stereocenters. The molecule has 1 heterocycles. The Morgan fingerprint density at radius 3 is 2.72 bits per heavy atom. The van der Waals surface area contributed by atoms with Gasteiger partial charge in [0.1, 0.15) is 0 Å². The van der Waals surface area contributed by atoms with E-state index in [1.807, 2.05) is 32.0 Å². The summed E-state index contributed by atoms with van der Waals surface area (Å²) >= 11 is 0. The molecule has 25 heavy (non-hydrogen) atoms. The van der Waals surface area contributed by atoms with Crippen LogP contribution in [0, 0.1) is 19.8 Å². The van der Waals surface area contributed by atoms with Crippen LogP contribution in [0.1, 0.15) is 43.7 Å². The van der Waals surface area contributed by atoms with E-state index in [4.69, 9.17) is 4.74 Å². The van der Waals surface area contributed by atoms with Crippen molar-refractivity contribution in [3.63, 3.8) is 0 Å². The number of ether oxygens (including phenoxy) is 1. The Bertz CT molecular complexity index is 601. The molecule has 1 aromatic rings. The zero-order valence-corrected chi connectivity index (χ0v) is 15.6. The molecule has 2 amide bonds. The summed E-state index contributed by atoms with van der Waals surface area (Å²) in [7, 11) is 0. The van der Waals surface area contributed by atoms with Crippen LogP contribution in [0.25, 0.3) is 0 Å². The van der Waals surface area contributed by atoms with Crippen molar-refractivity contribution in [1.82, 2.24) is 5.32 Å². The maximum Gasteiger partial charge on any atom is 0.227 e. The van der Waals surface area contributed by atoms with Crippen molar-refractivity contribution in [3.05, 3.63) is 29.3 Å². The third-order valence-electron chi connectivity index (χ3n) is 4.70. The Morgan fingerprint density at radius 1 is 1.24 bits per heavy atom. The lowest BCUT2D eigenvalue weighted by atomic mass is 10.1. The lowest BCUT2D eigenvalue weighted by Crippen LogP contribution is -2.33. The summed E-state index contributed by atoms with van der Waals surface area (Å²) in [6.07, 6.45) is 3.29. The molecule has 1 aromatic carbocycles. The topological polar surface area (TPSA) is 58.6 Å². The molecule has 0 aromatic heterocycles. The maximum absolute atomic E-state index is 12.3. The highest BCUT2D eigenvalue weighted by molar-refractivity contribution is 6.00. The number of nitrogens with one attached hydrogen (secondary N) is 1. The van der Waals surface area contributed by atoms with E-state index in [0.29, 0.717) is 19.7 Å². The third kappa shape index (κ3) is 5.56. The first-order valence-electron chi connectivity index (χ1n) is 9.26. The summed E-state index contributed by atoms with van der Waals surface area (Å²) in [6.45, 7) is 8.72. The van der Waals surface area contributed by atoms with E-state index >= 15 is 0 Å². The molecular formula is C20H30N2O3. The number of benzene rings is 1. The van der Waals surface area contributed by atoms with Crippen LogP contribution in [-0.4, -0.2) is 38.1 Å². The van der Waals surface area contributed by atoms with Gasteiger partial charge in [0.05, 0.1) is 5.92 Å². The first-order valence-corrected chi connectivity index (χ1v) is 9.26. The SMILES string of the molecule is CCCCOCCCNC(=O)C1CC(=O)N(c2ccc(C)c(C)c2)C1. The number of carbonyl (C=O) groups is 2. The number of nitrogens with zero attached hydrogens (tertiary/aromatic N) is 1. The van der Waals surface area contributed by atoms with Crippen molar-refractivity contribution in [2.24, 2.45) is 5.92 Å². The zero-order valence-electron chi connectivity index (χ0n) is 15.6. The molecular weight excluding hydrogens is 316 g/mol. The molecule has 0 saturated carbocycles. The van der Waals surface area contributed by atoms with Crippen LogP contribution in [0.3, 0.4) is 0 Å². The fourth-order valence-corrected chi connectivity index (χ4v) is 2.90. The van der Waals surface area contributed by atoms with Crippen molar-refractivity contribution < 1.29 is 14.3 Å². The number of amides is 2. The lowest BCUT2D eigenvalue weighted by Gasteiger charge is -2.18. The average molecular weight is 346 g/mol. The van der Waals surface area contributed by atoms with E-state index < -0.39 is 0 Å². The molecule has 1 fully saturated rings. The summed E-state index contributed by atoms with van der Waals surface area (Å²) in [5, 5.41) is 2.93. The summed E-state index contributed by atoms with van der Waals surface area (Å²) in [5.41, 5.74) is 3.24. The van der Waals surface area contributed by atoms with Gasteiger partial charge in [0.2, 0.25) is 11.8 Å². The second-order valence-electron chi connectivity index (χ2n) is 6.78. The Labute approximate surface area is 150 Å². The molecule has 0 bridgehead atoms. The van der Waals surface area contributed by atoms with Crippen LogP contribution in [0.15, 0.2) is 18.2 Å². The van der Waals surface area contributed by atoms with Gasteiger partial charge in [-0.25, -0.2) is 0 Å². The van der Waals surface area contributed by atoms with Gasteiger partial charge in [0.15, 0.2) is 0 Å². The molecule has 2 rings (SSSR count). The molecule has 1 aliphatic rings. The Hall–Kier alpha value is -1.88. The van der Waals surface area contributed by atoms with Gasteiger partial charge >= 0.3 is 0 Å².